The summed E-state index contributed by atoms with van der Waals surface area (Å²) in [5.74, 6) is 0.0154. The Morgan fingerprint density at radius 2 is 2.25 bits per heavy atom. The number of carbonyl (C=O) groups is 1. The van der Waals surface area contributed by atoms with Crippen LogP contribution in [-0.4, -0.2) is 15.3 Å². The molecule has 1 aromatic rings. The maximum atomic E-state index is 11.3. The molecule has 0 aromatic heterocycles. The lowest BCUT2D eigenvalue weighted by atomic mass is 10.1. The molecular weight excluding hydrogens is 174 g/mol. The summed E-state index contributed by atoms with van der Waals surface area (Å²) in [6, 6.07) is 4.91. The number of fused-ring (bicyclic) bond motifs is 1. The highest BCUT2D eigenvalue weighted by molar-refractivity contribution is 7.78. The number of carbonyl (C=O) groups excluding carboxylic acids is 1. The van der Waals surface area contributed by atoms with Gasteiger partial charge in [0.2, 0.25) is 0 Å². The van der Waals surface area contributed by atoms with Gasteiger partial charge in [-0.05, 0) is 12.1 Å². The van der Waals surface area contributed by atoms with Crippen molar-refractivity contribution < 1.29 is 9.90 Å². The molecule has 4 heteroatoms. The van der Waals surface area contributed by atoms with Crippen molar-refractivity contribution in [1.82, 2.24) is 4.31 Å². The zero-order chi connectivity index (χ0) is 8.72. The molecule has 1 amide bonds. The summed E-state index contributed by atoms with van der Waals surface area (Å²) in [4.78, 5) is 11.3. The average Bonchev–Trinajstić information content (AvgIpc) is 2.32. The standard InChI is InChI=1S/C8H7NO2S/c10-7-3-1-2-5-6(7)4-9(12)8(5)11/h1-3,10,12H,4H2. The highest BCUT2D eigenvalue weighted by atomic mass is 32.1. The number of thiol groups is 1. The molecule has 1 aliphatic heterocycles. The molecule has 0 bridgehead atoms. The van der Waals surface area contributed by atoms with E-state index in [-0.39, 0.29) is 11.7 Å². The Kier molecular flexibility index (Phi) is 1.51. The van der Waals surface area contributed by atoms with Crippen LogP contribution in [0.15, 0.2) is 18.2 Å². The van der Waals surface area contributed by atoms with Crippen molar-refractivity contribution in [3.8, 4) is 5.75 Å². The van der Waals surface area contributed by atoms with E-state index in [0.717, 1.165) is 0 Å². The van der Waals surface area contributed by atoms with E-state index in [1.54, 1.807) is 18.2 Å². The topological polar surface area (TPSA) is 40.5 Å². The zero-order valence-electron chi connectivity index (χ0n) is 6.19. The van der Waals surface area contributed by atoms with Crippen LogP contribution in [0.25, 0.3) is 0 Å². The van der Waals surface area contributed by atoms with Crippen LogP contribution in [0.2, 0.25) is 0 Å². The van der Waals surface area contributed by atoms with Crippen molar-refractivity contribution in [2.24, 2.45) is 0 Å². The van der Waals surface area contributed by atoms with E-state index in [4.69, 9.17) is 0 Å². The number of hydrogen-bond donors (Lipinski definition) is 2. The second-order valence-corrected chi connectivity index (χ2v) is 3.15. The molecule has 0 aliphatic carbocycles. The zero-order valence-corrected chi connectivity index (χ0v) is 7.08. The van der Waals surface area contributed by atoms with Gasteiger partial charge in [0.15, 0.2) is 0 Å². The van der Waals surface area contributed by atoms with Crippen LogP contribution in [0.4, 0.5) is 0 Å². The summed E-state index contributed by atoms with van der Waals surface area (Å²) in [5, 5.41) is 9.35. The van der Waals surface area contributed by atoms with Crippen molar-refractivity contribution in [1.29, 1.82) is 0 Å². The fourth-order valence-electron chi connectivity index (χ4n) is 1.30. The van der Waals surface area contributed by atoms with Gasteiger partial charge in [0.05, 0.1) is 6.54 Å². The fourth-order valence-corrected chi connectivity index (χ4v) is 1.55. The van der Waals surface area contributed by atoms with Crippen LogP contribution >= 0.6 is 12.8 Å². The van der Waals surface area contributed by atoms with Gasteiger partial charge in [-0.15, -0.1) is 0 Å². The maximum absolute atomic E-state index is 11.3. The van der Waals surface area contributed by atoms with E-state index in [2.05, 4.69) is 12.8 Å². The van der Waals surface area contributed by atoms with Crippen molar-refractivity contribution in [2.75, 3.05) is 0 Å². The molecule has 0 saturated carbocycles. The molecule has 2 rings (SSSR count). The summed E-state index contributed by atoms with van der Waals surface area (Å²) in [6.07, 6.45) is 0. The lowest BCUT2D eigenvalue weighted by Gasteiger charge is -2.02. The van der Waals surface area contributed by atoms with Gasteiger partial charge in [-0.2, -0.15) is 0 Å². The predicted octanol–water partition coefficient (Wildman–Crippen LogP) is 1.19. The molecule has 1 N–H and O–H groups in total. The first kappa shape index (κ1) is 7.49. The van der Waals surface area contributed by atoms with E-state index in [0.29, 0.717) is 17.7 Å². The van der Waals surface area contributed by atoms with Crippen molar-refractivity contribution in [3.63, 3.8) is 0 Å². The van der Waals surface area contributed by atoms with Gasteiger partial charge >= 0.3 is 0 Å². The molecule has 0 spiro atoms. The first-order valence-electron chi connectivity index (χ1n) is 3.52. The summed E-state index contributed by atoms with van der Waals surface area (Å²) in [6.45, 7) is 0.379. The van der Waals surface area contributed by atoms with E-state index in [1.807, 2.05) is 0 Å². The van der Waals surface area contributed by atoms with Gasteiger partial charge in [0, 0.05) is 11.1 Å². The molecule has 1 aliphatic rings. The first-order valence-corrected chi connectivity index (χ1v) is 3.92. The van der Waals surface area contributed by atoms with Crippen molar-refractivity contribution in [3.05, 3.63) is 29.3 Å². The number of nitrogens with zero attached hydrogens (tertiary/aromatic N) is 1. The van der Waals surface area contributed by atoms with Gasteiger partial charge in [0.25, 0.3) is 5.91 Å². The fraction of sp³-hybridized carbons (Fsp3) is 0.125. The Labute approximate surface area is 75.2 Å². The van der Waals surface area contributed by atoms with Gasteiger partial charge < -0.3 is 5.11 Å². The maximum Gasteiger partial charge on any atom is 0.264 e. The van der Waals surface area contributed by atoms with E-state index < -0.39 is 0 Å². The van der Waals surface area contributed by atoms with Crippen LogP contribution in [-0.2, 0) is 6.54 Å². The third-order valence-corrected chi connectivity index (χ3v) is 2.25. The van der Waals surface area contributed by atoms with Crippen LogP contribution in [0, 0.1) is 0 Å². The van der Waals surface area contributed by atoms with Gasteiger partial charge in [-0.1, -0.05) is 18.9 Å². The van der Waals surface area contributed by atoms with Crippen LogP contribution < -0.4 is 0 Å². The Morgan fingerprint density at radius 1 is 1.50 bits per heavy atom. The largest absolute Gasteiger partial charge is 0.508 e. The number of phenols is 1. The molecule has 12 heavy (non-hydrogen) atoms. The smallest absolute Gasteiger partial charge is 0.264 e. The summed E-state index contributed by atoms with van der Waals surface area (Å²) < 4.78 is 1.28. The SMILES string of the molecule is O=C1c2cccc(O)c2CN1S. The monoisotopic (exact) mass is 181 g/mol. The van der Waals surface area contributed by atoms with Crippen molar-refractivity contribution in [2.45, 2.75) is 6.54 Å². The third-order valence-electron chi connectivity index (χ3n) is 1.92. The quantitative estimate of drug-likeness (QED) is 0.590. The van der Waals surface area contributed by atoms with Crippen LogP contribution in [0.1, 0.15) is 15.9 Å². The molecule has 1 heterocycles. The van der Waals surface area contributed by atoms with Crippen LogP contribution in [0.3, 0.4) is 0 Å². The van der Waals surface area contributed by atoms with Crippen molar-refractivity contribution >= 4 is 18.7 Å². The normalized spacial score (nSPS) is 15.1. The lowest BCUT2D eigenvalue weighted by molar-refractivity contribution is 0.0891. The molecule has 0 radical (unpaired) electrons. The molecule has 0 unspecified atom stereocenters. The molecule has 1 aromatic carbocycles. The second-order valence-electron chi connectivity index (χ2n) is 2.67. The predicted molar refractivity (Wildman–Crippen MR) is 47.0 cm³/mol. The number of phenolic OH excluding ortho intramolecular Hbond substituents is 1. The molecule has 62 valence electrons. The minimum Gasteiger partial charge on any atom is -0.508 e. The summed E-state index contributed by atoms with van der Waals surface area (Å²) in [7, 11) is 0. The van der Waals surface area contributed by atoms with E-state index >= 15 is 0 Å². The second kappa shape index (κ2) is 2.42. The number of aromatic hydroxyl groups is 1. The van der Waals surface area contributed by atoms with Crippen LogP contribution in [0.5, 0.6) is 5.75 Å². The van der Waals surface area contributed by atoms with E-state index in [1.165, 1.54) is 4.31 Å². The van der Waals surface area contributed by atoms with Gasteiger partial charge in [0.1, 0.15) is 5.75 Å². The highest BCUT2D eigenvalue weighted by Gasteiger charge is 2.26. The first-order chi connectivity index (χ1) is 5.70. The number of amides is 1. The Morgan fingerprint density at radius 3 is 2.92 bits per heavy atom. The molecule has 0 atom stereocenters. The minimum atomic E-state index is -0.149. The minimum absolute atomic E-state index is 0.149. The number of hydrogen-bond acceptors (Lipinski definition) is 3. The average molecular weight is 181 g/mol. The van der Waals surface area contributed by atoms with E-state index in [9.17, 15) is 9.90 Å². The summed E-state index contributed by atoms with van der Waals surface area (Å²) in [5.41, 5.74) is 1.21. The molecular formula is C8H7NO2S. The molecule has 0 fully saturated rings. The number of rotatable bonds is 0. The Balaban J connectivity index is 2.61. The summed E-state index contributed by atoms with van der Waals surface area (Å²) >= 11 is 3.95. The Bertz CT molecular complexity index is 351. The lowest BCUT2D eigenvalue weighted by Crippen LogP contribution is -2.10. The number of benzene rings is 1. The van der Waals surface area contributed by atoms with Gasteiger partial charge in [-0.25, -0.2) is 0 Å². The molecule has 3 nitrogen and oxygen atoms in total. The molecule has 0 saturated heterocycles. The highest BCUT2D eigenvalue weighted by Crippen LogP contribution is 2.30. The Hall–Kier alpha value is -1.16. The third kappa shape index (κ3) is 0.881. The van der Waals surface area contributed by atoms with Gasteiger partial charge in [-0.3, -0.25) is 9.10 Å².